The van der Waals surface area contributed by atoms with E-state index in [0.29, 0.717) is 23.2 Å². The van der Waals surface area contributed by atoms with E-state index in [0.717, 1.165) is 19.3 Å². The molecule has 5 nitrogen and oxygen atoms in total. The highest BCUT2D eigenvalue weighted by molar-refractivity contribution is 7.89. The lowest BCUT2D eigenvalue weighted by Crippen LogP contribution is -2.41. The number of carbonyl (C=O) groups excluding carboxylic acids is 1. The Morgan fingerprint density at radius 3 is 2.54 bits per heavy atom. The van der Waals surface area contributed by atoms with Crippen molar-refractivity contribution in [3.05, 3.63) is 65.0 Å². The van der Waals surface area contributed by atoms with Gasteiger partial charge in [0, 0.05) is 24.7 Å². The van der Waals surface area contributed by atoms with Gasteiger partial charge in [0.15, 0.2) is 0 Å². The number of hydrogen-bond acceptors (Lipinski definition) is 3. The van der Waals surface area contributed by atoms with Crippen LogP contribution in [0.4, 0.5) is 4.39 Å². The minimum Gasteiger partial charge on any atom is -0.348 e. The van der Waals surface area contributed by atoms with Crippen molar-refractivity contribution in [2.24, 2.45) is 0 Å². The average molecular weight is 405 g/mol. The molecule has 1 amide bonds. The smallest absolute Gasteiger partial charge is 0.251 e. The van der Waals surface area contributed by atoms with E-state index in [9.17, 15) is 17.6 Å². The summed E-state index contributed by atoms with van der Waals surface area (Å²) in [5.74, 6) is -0.649. The third-order valence-corrected chi connectivity index (χ3v) is 7.18. The second-order valence-corrected chi connectivity index (χ2v) is 9.14. The third-order valence-electron chi connectivity index (χ3n) is 5.15. The maximum absolute atomic E-state index is 13.6. The molecule has 0 bridgehead atoms. The van der Waals surface area contributed by atoms with Crippen LogP contribution in [0.1, 0.15) is 47.7 Å². The molecule has 1 fully saturated rings. The molecule has 28 heavy (non-hydrogen) atoms. The molecule has 150 valence electrons. The van der Waals surface area contributed by atoms with Gasteiger partial charge in [0.1, 0.15) is 5.82 Å². The van der Waals surface area contributed by atoms with Gasteiger partial charge in [-0.05, 0) is 68.1 Å². The summed E-state index contributed by atoms with van der Waals surface area (Å²) in [4.78, 5) is 12.5. The Hall–Kier alpha value is -2.25. The molecule has 1 saturated heterocycles. The molecule has 1 atom stereocenters. The van der Waals surface area contributed by atoms with Crippen molar-refractivity contribution in [3.8, 4) is 0 Å². The third kappa shape index (κ3) is 4.42. The molecular formula is C21H25FN2O3S. The molecule has 2 aromatic carbocycles. The van der Waals surface area contributed by atoms with Crippen LogP contribution < -0.4 is 5.32 Å². The predicted octanol–water partition coefficient (Wildman–Crippen LogP) is 3.63. The van der Waals surface area contributed by atoms with Crippen molar-refractivity contribution < 1.29 is 17.6 Å². The van der Waals surface area contributed by atoms with Crippen molar-refractivity contribution in [3.63, 3.8) is 0 Å². The highest BCUT2D eigenvalue weighted by Gasteiger charge is 2.30. The number of aryl methyl sites for hydroxylation is 1. The van der Waals surface area contributed by atoms with E-state index in [-0.39, 0.29) is 29.2 Å². The zero-order chi connectivity index (χ0) is 20.3. The van der Waals surface area contributed by atoms with E-state index in [1.807, 2.05) is 6.92 Å². The van der Waals surface area contributed by atoms with E-state index in [4.69, 9.17) is 0 Å². The minimum atomic E-state index is -3.56. The number of nitrogens with zero attached hydrogens (tertiary/aromatic N) is 1. The van der Waals surface area contributed by atoms with Crippen molar-refractivity contribution in [2.45, 2.75) is 50.6 Å². The second-order valence-electron chi connectivity index (χ2n) is 7.25. The normalized spacial score (nSPS) is 18.0. The van der Waals surface area contributed by atoms with E-state index in [1.165, 1.54) is 34.6 Å². The summed E-state index contributed by atoms with van der Waals surface area (Å²) >= 11 is 0. The second kappa shape index (κ2) is 8.41. The predicted molar refractivity (Wildman–Crippen MR) is 106 cm³/mol. The first-order chi connectivity index (χ1) is 13.3. The van der Waals surface area contributed by atoms with Crippen LogP contribution in [0.2, 0.25) is 0 Å². The Balaban J connectivity index is 1.67. The molecule has 0 radical (unpaired) electrons. The van der Waals surface area contributed by atoms with Gasteiger partial charge in [-0.25, -0.2) is 12.8 Å². The van der Waals surface area contributed by atoms with Crippen LogP contribution in [0.5, 0.6) is 0 Å². The molecule has 0 saturated carbocycles. The van der Waals surface area contributed by atoms with Gasteiger partial charge in [0.2, 0.25) is 10.0 Å². The van der Waals surface area contributed by atoms with Crippen LogP contribution in [-0.2, 0) is 16.6 Å². The Bertz CT molecular complexity index is 958. The fourth-order valence-electron chi connectivity index (χ4n) is 3.37. The summed E-state index contributed by atoms with van der Waals surface area (Å²) in [6, 6.07) is 10.8. The number of carbonyl (C=O) groups is 1. The summed E-state index contributed by atoms with van der Waals surface area (Å²) in [7, 11) is -3.56. The Morgan fingerprint density at radius 2 is 1.89 bits per heavy atom. The fourth-order valence-corrected chi connectivity index (χ4v) is 5.07. The SMILES string of the molecule is Cc1ccc(CNC(=O)c2ccc(S(=O)(=O)N3CCCCC3C)cc2)cc1F. The number of hydrogen-bond donors (Lipinski definition) is 1. The van der Waals surface area contributed by atoms with Gasteiger partial charge in [-0.2, -0.15) is 4.31 Å². The lowest BCUT2D eigenvalue weighted by Gasteiger charge is -2.32. The molecule has 0 aliphatic carbocycles. The molecule has 3 rings (SSSR count). The van der Waals surface area contributed by atoms with E-state index < -0.39 is 10.0 Å². The van der Waals surface area contributed by atoms with Crippen LogP contribution in [0, 0.1) is 12.7 Å². The summed E-state index contributed by atoms with van der Waals surface area (Å²) in [5, 5.41) is 2.73. The molecule has 2 aromatic rings. The number of benzene rings is 2. The van der Waals surface area contributed by atoms with Gasteiger partial charge in [-0.15, -0.1) is 0 Å². The van der Waals surface area contributed by atoms with Crippen molar-refractivity contribution in [1.29, 1.82) is 0 Å². The zero-order valence-corrected chi connectivity index (χ0v) is 16.9. The molecule has 1 aliphatic heterocycles. The average Bonchev–Trinajstić information content (AvgIpc) is 2.69. The lowest BCUT2D eigenvalue weighted by molar-refractivity contribution is 0.0950. The molecule has 1 heterocycles. The first-order valence-corrected chi connectivity index (χ1v) is 10.9. The highest BCUT2D eigenvalue weighted by atomic mass is 32.2. The highest BCUT2D eigenvalue weighted by Crippen LogP contribution is 2.25. The number of nitrogens with one attached hydrogen (secondary N) is 1. The number of piperidine rings is 1. The minimum absolute atomic E-state index is 0.0170. The largest absolute Gasteiger partial charge is 0.348 e. The van der Waals surface area contributed by atoms with Crippen LogP contribution in [-0.4, -0.2) is 31.2 Å². The molecule has 0 aromatic heterocycles. The maximum Gasteiger partial charge on any atom is 0.251 e. The number of amides is 1. The van der Waals surface area contributed by atoms with Gasteiger partial charge >= 0.3 is 0 Å². The van der Waals surface area contributed by atoms with E-state index in [1.54, 1.807) is 19.1 Å². The number of rotatable bonds is 5. The van der Waals surface area contributed by atoms with Crippen LogP contribution in [0.25, 0.3) is 0 Å². The Labute approximate surface area is 165 Å². The zero-order valence-electron chi connectivity index (χ0n) is 16.1. The summed E-state index contributed by atoms with van der Waals surface area (Å²) in [6.45, 7) is 4.32. The molecular weight excluding hydrogens is 379 g/mol. The summed E-state index contributed by atoms with van der Waals surface area (Å²) < 4.78 is 40.8. The van der Waals surface area contributed by atoms with Crippen molar-refractivity contribution >= 4 is 15.9 Å². The van der Waals surface area contributed by atoms with Crippen molar-refractivity contribution in [1.82, 2.24) is 9.62 Å². The Kier molecular flexibility index (Phi) is 6.15. The first-order valence-electron chi connectivity index (χ1n) is 9.44. The first kappa shape index (κ1) is 20.5. The molecule has 1 aliphatic rings. The summed E-state index contributed by atoms with van der Waals surface area (Å²) in [5.41, 5.74) is 1.57. The topological polar surface area (TPSA) is 66.5 Å². The monoisotopic (exact) mass is 404 g/mol. The van der Waals surface area contributed by atoms with Crippen LogP contribution in [0.15, 0.2) is 47.4 Å². The standard InChI is InChI=1S/C21H25FN2O3S/c1-15-6-7-17(13-20(15)22)14-23-21(25)18-8-10-19(11-9-18)28(26,27)24-12-4-3-5-16(24)2/h6-11,13,16H,3-5,12,14H2,1-2H3,(H,23,25). The lowest BCUT2D eigenvalue weighted by atomic mass is 10.1. The van der Waals surface area contributed by atoms with Crippen LogP contribution >= 0.6 is 0 Å². The van der Waals surface area contributed by atoms with E-state index in [2.05, 4.69) is 5.32 Å². The van der Waals surface area contributed by atoms with E-state index >= 15 is 0 Å². The van der Waals surface area contributed by atoms with Gasteiger partial charge in [-0.3, -0.25) is 4.79 Å². The quantitative estimate of drug-likeness (QED) is 0.828. The van der Waals surface area contributed by atoms with Gasteiger partial charge in [0.05, 0.1) is 4.90 Å². The molecule has 7 heteroatoms. The van der Waals surface area contributed by atoms with Gasteiger partial charge in [0.25, 0.3) is 5.91 Å². The Morgan fingerprint density at radius 1 is 1.18 bits per heavy atom. The van der Waals surface area contributed by atoms with Crippen molar-refractivity contribution in [2.75, 3.05) is 6.54 Å². The number of sulfonamides is 1. The van der Waals surface area contributed by atoms with Gasteiger partial charge < -0.3 is 5.32 Å². The van der Waals surface area contributed by atoms with Gasteiger partial charge in [-0.1, -0.05) is 18.6 Å². The summed E-state index contributed by atoms with van der Waals surface area (Å²) in [6.07, 6.45) is 2.76. The maximum atomic E-state index is 13.6. The molecule has 1 N–H and O–H groups in total. The number of halogens is 1. The van der Waals surface area contributed by atoms with Crippen LogP contribution in [0.3, 0.4) is 0 Å². The molecule has 1 unspecified atom stereocenters. The molecule has 0 spiro atoms. The fraction of sp³-hybridized carbons (Fsp3) is 0.381.